The fourth-order valence-corrected chi connectivity index (χ4v) is 2.39. The highest BCUT2D eigenvalue weighted by atomic mass is 35.5. The van der Waals surface area contributed by atoms with E-state index in [1.54, 1.807) is 4.90 Å². The van der Waals surface area contributed by atoms with Crippen molar-refractivity contribution in [3.05, 3.63) is 38.9 Å². The van der Waals surface area contributed by atoms with Gasteiger partial charge in [0.15, 0.2) is 0 Å². The third-order valence-corrected chi connectivity index (χ3v) is 3.69. The van der Waals surface area contributed by atoms with Gasteiger partial charge in [0.2, 0.25) is 0 Å². The third kappa shape index (κ3) is 3.04. The zero-order valence-corrected chi connectivity index (χ0v) is 11.4. The lowest BCUT2D eigenvalue weighted by Crippen LogP contribution is -2.38. The summed E-state index contributed by atoms with van der Waals surface area (Å²) in [5.41, 5.74) is -0.111. The van der Waals surface area contributed by atoms with E-state index in [0.29, 0.717) is 24.0 Å². The molecule has 0 aliphatic carbocycles. The third-order valence-electron chi connectivity index (χ3n) is 3.46. The lowest BCUT2D eigenvalue weighted by molar-refractivity contribution is -0.385. The van der Waals surface area contributed by atoms with Crippen molar-refractivity contribution >= 4 is 23.2 Å². The Morgan fingerprint density at radius 2 is 2.05 bits per heavy atom. The Morgan fingerprint density at radius 1 is 1.42 bits per heavy atom. The van der Waals surface area contributed by atoms with E-state index < -0.39 is 4.92 Å². The first kappa shape index (κ1) is 13.8. The highest BCUT2D eigenvalue weighted by Crippen LogP contribution is 2.26. The van der Waals surface area contributed by atoms with E-state index in [9.17, 15) is 14.9 Å². The molecule has 1 saturated heterocycles. The van der Waals surface area contributed by atoms with Gasteiger partial charge in [0.1, 0.15) is 5.56 Å². The molecule has 102 valence electrons. The molecule has 5 nitrogen and oxygen atoms in total. The number of hydrogen-bond donors (Lipinski definition) is 0. The van der Waals surface area contributed by atoms with Crippen LogP contribution in [-0.2, 0) is 0 Å². The van der Waals surface area contributed by atoms with Crippen molar-refractivity contribution in [3.63, 3.8) is 0 Å². The Labute approximate surface area is 116 Å². The van der Waals surface area contributed by atoms with Crippen LogP contribution in [0.3, 0.4) is 0 Å². The van der Waals surface area contributed by atoms with Crippen LogP contribution >= 0.6 is 11.6 Å². The molecule has 1 aromatic rings. The summed E-state index contributed by atoms with van der Waals surface area (Å²) >= 11 is 5.83. The van der Waals surface area contributed by atoms with E-state index in [1.807, 2.05) is 0 Å². The van der Waals surface area contributed by atoms with E-state index in [1.165, 1.54) is 18.2 Å². The van der Waals surface area contributed by atoms with Crippen LogP contribution in [0.15, 0.2) is 18.2 Å². The summed E-state index contributed by atoms with van der Waals surface area (Å²) < 4.78 is 0. The summed E-state index contributed by atoms with van der Waals surface area (Å²) in [6.07, 6.45) is 1.86. The quantitative estimate of drug-likeness (QED) is 0.618. The summed E-state index contributed by atoms with van der Waals surface area (Å²) in [4.78, 5) is 24.4. The molecule has 0 N–H and O–H groups in total. The van der Waals surface area contributed by atoms with Crippen LogP contribution in [0.2, 0.25) is 5.02 Å². The number of benzene rings is 1. The van der Waals surface area contributed by atoms with Gasteiger partial charge in [-0.1, -0.05) is 18.5 Å². The Bertz CT molecular complexity index is 511. The first-order chi connectivity index (χ1) is 8.99. The van der Waals surface area contributed by atoms with Crippen LogP contribution in [0.1, 0.15) is 30.1 Å². The minimum absolute atomic E-state index is 0.0760. The second-order valence-corrected chi connectivity index (χ2v) is 5.33. The number of rotatable bonds is 2. The number of likely N-dealkylation sites (tertiary alicyclic amines) is 1. The van der Waals surface area contributed by atoms with Gasteiger partial charge in [0.05, 0.1) is 4.92 Å². The van der Waals surface area contributed by atoms with Crippen molar-refractivity contribution in [2.24, 2.45) is 5.92 Å². The van der Waals surface area contributed by atoms with E-state index in [4.69, 9.17) is 11.6 Å². The standard InChI is InChI=1S/C13H15ClN2O3/c1-9-4-6-15(7-5-9)13(17)11-8-10(14)2-3-12(11)16(18)19/h2-3,8-9H,4-7H2,1H3. The molecule has 6 heteroatoms. The predicted octanol–water partition coefficient (Wildman–Crippen LogP) is 3.12. The van der Waals surface area contributed by atoms with Crippen molar-refractivity contribution < 1.29 is 9.72 Å². The summed E-state index contributed by atoms with van der Waals surface area (Å²) in [5, 5.41) is 11.3. The number of nitro benzene ring substituents is 1. The molecule has 0 spiro atoms. The molecule has 1 fully saturated rings. The molecule has 1 aliphatic rings. The average molecular weight is 283 g/mol. The molecule has 0 aromatic heterocycles. The Balaban J connectivity index is 2.27. The van der Waals surface area contributed by atoms with Gasteiger partial charge in [-0.3, -0.25) is 14.9 Å². The van der Waals surface area contributed by atoms with Gasteiger partial charge in [0, 0.05) is 24.2 Å². The predicted molar refractivity (Wildman–Crippen MR) is 72.4 cm³/mol. The van der Waals surface area contributed by atoms with Gasteiger partial charge in [-0.2, -0.15) is 0 Å². The highest BCUT2D eigenvalue weighted by molar-refractivity contribution is 6.31. The van der Waals surface area contributed by atoms with E-state index >= 15 is 0 Å². The van der Waals surface area contributed by atoms with Crippen LogP contribution in [0, 0.1) is 16.0 Å². The zero-order chi connectivity index (χ0) is 14.0. The molecule has 1 aliphatic heterocycles. The normalized spacial score (nSPS) is 16.4. The van der Waals surface area contributed by atoms with Gasteiger partial charge >= 0.3 is 0 Å². The van der Waals surface area contributed by atoms with Crippen LogP contribution in [0.5, 0.6) is 0 Å². The maximum Gasteiger partial charge on any atom is 0.282 e. The molecule has 0 bridgehead atoms. The maximum atomic E-state index is 12.3. The maximum absolute atomic E-state index is 12.3. The van der Waals surface area contributed by atoms with E-state index in [-0.39, 0.29) is 17.2 Å². The molecule has 2 rings (SSSR count). The smallest absolute Gasteiger partial charge is 0.282 e. The van der Waals surface area contributed by atoms with Gasteiger partial charge in [-0.15, -0.1) is 0 Å². The van der Waals surface area contributed by atoms with Gasteiger partial charge in [0.25, 0.3) is 11.6 Å². The first-order valence-electron chi connectivity index (χ1n) is 6.22. The molecule has 0 radical (unpaired) electrons. The highest BCUT2D eigenvalue weighted by Gasteiger charge is 2.27. The van der Waals surface area contributed by atoms with Gasteiger partial charge in [-0.05, 0) is 30.9 Å². The average Bonchev–Trinajstić information content (AvgIpc) is 2.38. The number of piperidine rings is 1. The van der Waals surface area contributed by atoms with Gasteiger partial charge < -0.3 is 4.90 Å². The number of nitro groups is 1. The fraction of sp³-hybridized carbons (Fsp3) is 0.462. The summed E-state index contributed by atoms with van der Waals surface area (Å²) in [5.74, 6) is 0.291. The monoisotopic (exact) mass is 282 g/mol. The molecule has 1 amide bonds. The molecule has 0 atom stereocenters. The van der Waals surface area contributed by atoms with Crippen molar-refractivity contribution in [1.82, 2.24) is 4.90 Å². The van der Waals surface area contributed by atoms with E-state index in [2.05, 4.69) is 6.92 Å². The van der Waals surface area contributed by atoms with Crippen molar-refractivity contribution in [3.8, 4) is 0 Å². The lowest BCUT2D eigenvalue weighted by atomic mass is 9.98. The number of hydrogen-bond acceptors (Lipinski definition) is 3. The second kappa shape index (κ2) is 5.57. The second-order valence-electron chi connectivity index (χ2n) is 4.89. The number of nitrogens with zero attached hydrogens (tertiary/aromatic N) is 2. The first-order valence-corrected chi connectivity index (χ1v) is 6.60. The molecule has 1 aromatic carbocycles. The SMILES string of the molecule is CC1CCN(C(=O)c2cc(Cl)ccc2[N+](=O)[O-])CC1. The van der Waals surface area contributed by atoms with Crippen LogP contribution in [0.4, 0.5) is 5.69 Å². The molecule has 0 saturated carbocycles. The number of halogens is 1. The Morgan fingerprint density at radius 3 is 2.63 bits per heavy atom. The molecular weight excluding hydrogens is 268 g/mol. The minimum atomic E-state index is -0.546. The van der Waals surface area contributed by atoms with Crippen LogP contribution < -0.4 is 0 Å². The van der Waals surface area contributed by atoms with Gasteiger partial charge in [-0.25, -0.2) is 0 Å². The number of carbonyl (C=O) groups excluding carboxylic acids is 1. The summed E-state index contributed by atoms with van der Waals surface area (Å²) in [6, 6.07) is 4.08. The molecule has 1 heterocycles. The van der Waals surface area contributed by atoms with Crippen LogP contribution in [-0.4, -0.2) is 28.8 Å². The topological polar surface area (TPSA) is 63.5 Å². The Kier molecular flexibility index (Phi) is 4.04. The zero-order valence-electron chi connectivity index (χ0n) is 10.6. The van der Waals surface area contributed by atoms with Crippen molar-refractivity contribution in [1.29, 1.82) is 0 Å². The molecular formula is C13H15ClN2O3. The van der Waals surface area contributed by atoms with E-state index in [0.717, 1.165) is 12.8 Å². The fourth-order valence-electron chi connectivity index (χ4n) is 2.22. The largest absolute Gasteiger partial charge is 0.338 e. The number of amides is 1. The Hall–Kier alpha value is -1.62. The summed E-state index contributed by atoms with van der Waals surface area (Å²) in [6.45, 7) is 3.43. The minimum Gasteiger partial charge on any atom is -0.338 e. The van der Waals surface area contributed by atoms with Crippen molar-refractivity contribution in [2.45, 2.75) is 19.8 Å². The lowest BCUT2D eigenvalue weighted by Gasteiger charge is -2.30. The van der Waals surface area contributed by atoms with Crippen LogP contribution in [0.25, 0.3) is 0 Å². The summed E-state index contributed by atoms with van der Waals surface area (Å²) in [7, 11) is 0. The molecule has 19 heavy (non-hydrogen) atoms. The number of carbonyl (C=O) groups is 1. The molecule has 0 unspecified atom stereocenters. The van der Waals surface area contributed by atoms with Crippen molar-refractivity contribution in [2.75, 3.05) is 13.1 Å².